The van der Waals surface area contributed by atoms with Crippen LogP contribution in [0.3, 0.4) is 0 Å². The van der Waals surface area contributed by atoms with Crippen LogP contribution in [-0.2, 0) is 15.0 Å². The second-order valence-corrected chi connectivity index (χ2v) is 17.8. The topological polar surface area (TPSA) is 198 Å². The molecule has 17 nitrogen and oxygen atoms in total. The van der Waals surface area contributed by atoms with E-state index >= 15 is 0 Å². The minimum atomic E-state index is -0.979. The van der Waals surface area contributed by atoms with Gasteiger partial charge in [0, 0.05) is 76.9 Å². The molecule has 61 heavy (non-hydrogen) atoms. The molecule has 0 spiro atoms. The lowest BCUT2D eigenvalue weighted by molar-refractivity contribution is -0.136. The first-order valence-electron chi connectivity index (χ1n) is 21.5. The molecule has 1 aromatic heterocycles. The number of nitrogens with one attached hydrogen (secondary N) is 2. The van der Waals surface area contributed by atoms with Gasteiger partial charge in [-0.25, -0.2) is 9.78 Å². The molecule has 0 saturated carbocycles. The van der Waals surface area contributed by atoms with Crippen LogP contribution in [-0.4, -0.2) is 143 Å². The fourth-order valence-corrected chi connectivity index (χ4v) is 10.0. The number of nitrogens with two attached hydrogens (primary N) is 1. The minimum absolute atomic E-state index is 0.00362. The smallest absolute Gasteiger partial charge is 0.320 e. The summed E-state index contributed by atoms with van der Waals surface area (Å²) in [4.78, 5) is 96.8. The van der Waals surface area contributed by atoms with Crippen molar-refractivity contribution < 1.29 is 28.8 Å². The Morgan fingerprint density at radius 1 is 0.885 bits per heavy atom. The summed E-state index contributed by atoms with van der Waals surface area (Å²) in [6.45, 7) is 9.77. The molecular formula is C44H53N11O6. The molecule has 7 amide bonds. The monoisotopic (exact) mass is 831 g/mol. The van der Waals surface area contributed by atoms with E-state index in [0.29, 0.717) is 41.9 Å². The zero-order chi connectivity index (χ0) is 42.6. The standard InChI is InChI=1S/C44H53N11O6/c1-44(28-5-7-29(8-6-28)47-38-34(37(45)57)23-46-42(49-38)53-16-3-4-31(26-53)54-21-20-50(2)43(54)61)14-18-51(19-15-44)24-27-13-17-52(25-27)30-9-10-32-33(22-30)41(60)55(40(32)59)35-11-12-36(56)48-39(35)58/h5-10,22-23,27,31,35H,3-4,11-21,24-26H2,1-2H3,(H2,45,57)(H,46,47,49)(H,48,56,58). The SMILES string of the molecule is CN1CCN(C2CCCN(c3ncc(C(N)=O)c(Nc4ccc(C5(C)CCN(CC6CCN(c7ccc8c(c7)C(=O)N(C7CCC(=O)NC7=O)C8=O)C6)CC5)cc4)n3)C2)C1=O. The van der Waals surface area contributed by atoms with E-state index < -0.39 is 35.6 Å². The van der Waals surface area contributed by atoms with E-state index in [9.17, 15) is 28.8 Å². The van der Waals surface area contributed by atoms with Crippen LogP contribution in [0.1, 0.15) is 88.5 Å². The molecule has 5 saturated heterocycles. The van der Waals surface area contributed by atoms with Crippen molar-refractivity contribution in [2.45, 2.75) is 69.4 Å². The van der Waals surface area contributed by atoms with Crippen LogP contribution in [0.15, 0.2) is 48.7 Å². The van der Waals surface area contributed by atoms with Gasteiger partial charge in [0.2, 0.25) is 17.8 Å². The van der Waals surface area contributed by atoms with E-state index in [2.05, 4.69) is 49.4 Å². The Morgan fingerprint density at radius 2 is 1.66 bits per heavy atom. The lowest BCUT2D eigenvalue weighted by atomic mass is 9.74. The van der Waals surface area contributed by atoms with E-state index in [-0.39, 0.29) is 35.9 Å². The number of aromatic nitrogens is 2. The van der Waals surface area contributed by atoms with Crippen LogP contribution in [0.5, 0.6) is 0 Å². The Labute approximate surface area is 354 Å². The van der Waals surface area contributed by atoms with Gasteiger partial charge in [0.1, 0.15) is 17.4 Å². The van der Waals surface area contributed by atoms with E-state index in [1.165, 1.54) is 11.8 Å². The van der Waals surface area contributed by atoms with E-state index in [0.717, 1.165) is 94.2 Å². The third kappa shape index (κ3) is 7.75. The number of likely N-dealkylation sites (N-methyl/N-ethyl adjacent to an activating group) is 1. The summed E-state index contributed by atoms with van der Waals surface area (Å²) in [7, 11) is 1.83. The largest absolute Gasteiger partial charge is 0.371 e. The van der Waals surface area contributed by atoms with Gasteiger partial charge in [0.15, 0.2) is 0 Å². The lowest BCUT2D eigenvalue weighted by Gasteiger charge is -2.40. The maximum absolute atomic E-state index is 13.4. The number of primary amides is 1. The molecular weight excluding hydrogens is 779 g/mol. The van der Waals surface area contributed by atoms with Gasteiger partial charge >= 0.3 is 6.03 Å². The van der Waals surface area contributed by atoms with Crippen LogP contribution in [0.25, 0.3) is 0 Å². The first-order chi connectivity index (χ1) is 29.3. The number of hydrogen-bond donors (Lipinski definition) is 3. The number of hydrogen-bond acceptors (Lipinski definition) is 12. The molecule has 9 rings (SSSR count). The summed E-state index contributed by atoms with van der Waals surface area (Å²) in [6, 6.07) is 12.8. The summed E-state index contributed by atoms with van der Waals surface area (Å²) < 4.78 is 0. The van der Waals surface area contributed by atoms with Crippen LogP contribution in [0, 0.1) is 5.92 Å². The average molecular weight is 832 g/mol. The highest BCUT2D eigenvalue weighted by molar-refractivity contribution is 6.23. The number of rotatable bonds is 10. The summed E-state index contributed by atoms with van der Waals surface area (Å²) in [5.74, 6) is -1.29. The van der Waals surface area contributed by atoms with Crippen molar-refractivity contribution in [1.29, 1.82) is 0 Å². The van der Waals surface area contributed by atoms with E-state index in [4.69, 9.17) is 10.7 Å². The van der Waals surface area contributed by atoms with Gasteiger partial charge in [-0.3, -0.25) is 34.2 Å². The first-order valence-corrected chi connectivity index (χ1v) is 21.5. The first kappa shape index (κ1) is 40.3. The predicted octanol–water partition coefficient (Wildman–Crippen LogP) is 2.94. The highest BCUT2D eigenvalue weighted by Crippen LogP contribution is 2.38. The zero-order valence-corrected chi connectivity index (χ0v) is 34.8. The van der Waals surface area contributed by atoms with Crippen molar-refractivity contribution in [3.8, 4) is 0 Å². The van der Waals surface area contributed by atoms with Gasteiger partial charge < -0.3 is 35.6 Å². The number of benzene rings is 2. The number of imide groups is 2. The number of piperidine rings is 3. The fourth-order valence-electron chi connectivity index (χ4n) is 10.0. The van der Waals surface area contributed by atoms with Crippen LogP contribution < -0.4 is 26.2 Å². The Balaban J connectivity index is 0.787. The summed E-state index contributed by atoms with van der Waals surface area (Å²) in [6.07, 6.45) is 6.58. The molecule has 6 aliphatic heterocycles. The van der Waals surface area contributed by atoms with Gasteiger partial charge in [0.05, 0.1) is 17.2 Å². The average Bonchev–Trinajstić information content (AvgIpc) is 3.93. The van der Waals surface area contributed by atoms with Crippen molar-refractivity contribution in [2.24, 2.45) is 11.7 Å². The van der Waals surface area contributed by atoms with Gasteiger partial charge in [-0.1, -0.05) is 19.1 Å². The highest BCUT2D eigenvalue weighted by Gasteiger charge is 2.45. The molecule has 3 aromatic rings. The number of carbonyl (C=O) groups excluding carboxylic acids is 6. The number of likely N-dealkylation sites (tertiary alicyclic amines) is 1. The van der Waals surface area contributed by atoms with Gasteiger partial charge in [-0.15, -0.1) is 0 Å². The number of carbonyl (C=O) groups is 6. The van der Waals surface area contributed by atoms with Crippen LogP contribution >= 0.6 is 0 Å². The highest BCUT2D eigenvalue weighted by atomic mass is 16.2. The number of fused-ring (bicyclic) bond motifs is 1. The Kier molecular flexibility index (Phi) is 10.6. The normalized spacial score (nSPS) is 24.5. The van der Waals surface area contributed by atoms with Crippen LogP contribution in [0.4, 0.5) is 27.9 Å². The van der Waals surface area contributed by atoms with Gasteiger partial charge in [-0.2, -0.15) is 4.98 Å². The van der Waals surface area contributed by atoms with Crippen molar-refractivity contribution >= 4 is 58.7 Å². The molecule has 17 heteroatoms. The molecule has 3 atom stereocenters. The molecule has 6 aliphatic rings. The fraction of sp³-hybridized carbons (Fsp3) is 0.500. The predicted molar refractivity (Wildman–Crippen MR) is 227 cm³/mol. The number of amides is 7. The molecule has 5 fully saturated rings. The van der Waals surface area contributed by atoms with Gasteiger partial charge in [0.25, 0.3) is 17.7 Å². The molecule has 2 aromatic carbocycles. The molecule has 7 heterocycles. The zero-order valence-electron chi connectivity index (χ0n) is 34.8. The Hall–Kier alpha value is -6.10. The van der Waals surface area contributed by atoms with Crippen molar-refractivity contribution in [3.05, 3.63) is 70.9 Å². The maximum atomic E-state index is 13.4. The summed E-state index contributed by atoms with van der Waals surface area (Å²) >= 11 is 0. The van der Waals surface area contributed by atoms with Crippen molar-refractivity contribution in [1.82, 2.24) is 34.9 Å². The molecule has 0 aliphatic carbocycles. The Morgan fingerprint density at radius 3 is 2.38 bits per heavy atom. The maximum Gasteiger partial charge on any atom is 0.320 e. The third-order valence-corrected chi connectivity index (χ3v) is 13.8. The van der Waals surface area contributed by atoms with Gasteiger partial charge in [-0.05, 0) is 98.8 Å². The molecule has 320 valence electrons. The minimum Gasteiger partial charge on any atom is -0.371 e. The Bertz CT molecular complexity index is 2280. The third-order valence-electron chi connectivity index (χ3n) is 13.8. The van der Waals surface area contributed by atoms with E-state index in [1.54, 1.807) is 17.0 Å². The number of urea groups is 1. The van der Waals surface area contributed by atoms with Crippen molar-refractivity contribution in [3.63, 3.8) is 0 Å². The van der Waals surface area contributed by atoms with E-state index in [1.807, 2.05) is 30.1 Å². The summed E-state index contributed by atoms with van der Waals surface area (Å²) in [5, 5.41) is 5.58. The lowest BCUT2D eigenvalue weighted by Crippen LogP contribution is -2.54. The van der Waals surface area contributed by atoms with Crippen molar-refractivity contribution in [2.75, 3.05) is 81.1 Å². The van der Waals surface area contributed by atoms with Crippen LogP contribution in [0.2, 0.25) is 0 Å². The second kappa shape index (κ2) is 16.1. The molecule has 3 unspecified atom stereocenters. The quantitative estimate of drug-likeness (QED) is 0.253. The molecule has 0 bridgehead atoms. The number of anilines is 4. The second-order valence-electron chi connectivity index (χ2n) is 17.8. The number of nitrogens with zero attached hydrogens (tertiary/aromatic N) is 8. The molecule has 0 radical (unpaired) electrons. The molecule has 4 N–H and O–H groups in total. The summed E-state index contributed by atoms with van der Waals surface area (Å²) in [5.41, 5.74) is 9.50.